The van der Waals surface area contributed by atoms with Gasteiger partial charge in [0.05, 0.1) is 12.1 Å². The second-order valence-electron chi connectivity index (χ2n) is 5.75. The Balaban J connectivity index is 1.63. The van der Waals surface area contributed by atoms with E-state index in [0.29, 0.717) is 6.54 Å². The van der Waals surface area contributed by atoms with Gasteiger partial charge in [-0.25, -0.2) is 4.98 Å². The number of hydrogen-bond acceptors (Lipinski definition) is 5. The van der Waals surface area contributed by atoms with Crippen LogP contribution >= 0.6 is 0 Å². The summed E-state index contributed by atoms with van der Waals surface area (Å²) >= 11 is 0. The Kier molecular flexibility index (Phi) is 4.19. The predicted octanol–water partition coefficient (Wildman–Crippen LogP) is 0.711. The van der Waals surface area contributed by atoms with Crippen molar-refractivity contribution >= 4 is 5.82 Å². The molecule has 2 saturated heterocycles. The van der Waals surface area contributed by atoms with Crippen LogP contribution in [0.3, 0.4) is 0 Å². The van der Waals surface area contributed by atoms with E-state index < -0.39 is 0 Å². The number of ether oxygens (including phenoxy) is 1. The first-order chi connectivity index (χ1) is 9.84. The van der Waals surface area contributed by atoms with Gasteiger partial charge in [0, 0.05) is 45.5 Å². The normalized spacial score (nSPS) is 28.6. The van der Waals surface area contributed by atoms with Gasteiger partial charge in [-0.05, 0) is 25.0 Å². The lowest BCUT2D eigenvalue weighted by Crippen LogP contribution is -2.63. The molecule has 0 radical (unpaired) electrons. The number of pyridine rings is 1. The molecule has 2 fully saturated rings. The Morgan fingerprint density at radius 1 is 1.25 bits per heavy atom. The lowest BCUT2D eigenvalue weighted by Gasteiger charge is -2.49. The van der Waals surface area contributed by atoms with Crippen LogP contribution in [0, 0.1) is 0 Å². The van der Waals surface area contributed by atoms with E-state index in [2.05, 4.69) is 20.9 Å². The Morgan fingerprint density at radius 3 is 2.70 bits per heavy atom. The largest absolute Gasteiger partial charge is 0.379 e. The highest BCUT2D eigenvalue weighted by molar-refractivity contribution is 5.38. The van der Waals surface area contributed by atoms with Gasteiger partial charge in [-0.3, -0.25) is 4.90 Å². The van der Waals surface area contributed by atoms with Crippen LogP contribution in [0.15, 0.2) is 24.4 Å². The summed E-state index contributed by atoms with van der Waals surface area (Å²) in [6, 6.07) is 6.09. The molecule has 5 nitrogen and oxygen atoms in total. The highest BCUT2D eigenvalue weighted by Crippen LogP contribution is 2.27. The van der Waals surface area contributed by atoms with Crippen molar-refractivity contribution in [3.05, 3.63) is 24.4 Å². The summed E-state index contributed by atoms with van der Waals surface area (Å²) in [6.07, 6.45) is 4.14. The Morgan fingerprint density at radius 2 is 2.10 bits per heavy atom. The monoisotopic (exact) mass is 276 g/mol. The van der Waals surface area contributed by atoms with E-state index in [4.69, 9.17) is 10.5 Å². The maximum absolute atomic E-state index is 6.07. The van der Waals surface area contributed by atoms with Crippen molar-refractivity contribution in [2.45, 2.75) is 18.4 Å². The molecule has 0 spiro atoms. The Labute approximate surface area is 120 Å². The molecule has 5 heteroatoms. The Bertz CT molecular complexity index is 411. The van der Waals surface area contributed by atoms with Gasteiger partial charge in [0.2, 0.25) is 0 Å². The quantitative estimate of drug-likeness (QED) is 0.881. The van der Waals surface area contributed by atoms with Crippen LogP contribution in [-0.4, -0.2) is 61.4 Å². The summed E-state index contributed by atoms with van der Waals surface area (Å²) < 4.78 is 5.69. The molecule has 110 valence electrons. The molecule has 20 heavy (non-hydrogen) atoms. The van der Waals surface area contributed by atoms with Gasteiger partial charge in [0.25, 0.3) is 0 Å². The average molecular weight is 276 g/mol. The number of nitrogens with zero attached hydrogens (tertiary/aromatic N) is 3. The molecule has 1 atom stereocenters. The van der Waals surface area contributed by atoms with E-state index >= 15 is 0 Å². The summed E-state index contributed by atoms with van der Waals surface area (Å²) in [5.74, 6) is 1.08. The highest BCUT2D eigenvalue weighted by Gasteiger charge is 2.39. The Hall–Kier alpha value is -1.17. The van der Waals surface area contributed by atoms with Crippen molar-refractivity contribution < 1.29 is 4.74 Å². The standard InChI is InChI=1S/C15H24N4O/c16-12-15(5-3-11-20-13-15)19-9-7-18(8-10-19)14-4-1-2-6-17-14/h1-2,4,6H,3,5,7-13,16H2. The second-order valence-corrected chi connectivity index (χ2v) is 5.75. The third kappa shape index (κ3) is 2.66. The van der Waals surface area contributed by atoms with Crippen molar-refractivity contribution in [2.24, 2.45) is 5.73 Å². The summed E-state index contributed by atoms with van der Waals surface area (Å²) in [6.45, 7) is 6.46. The van der Waals surface area contributed by atoms with Crippen LogP contribution in [0.25, 0.3) is 0 Å². The fourth-order valence-electron chi connectivity index (χ4n) is 3.33. The molecule has 1 unspecified atom stereocenters. The van der Waals surface area contributed by atoms with Gasteiger partial charge < -0.3 is 15.4 Å². The second kappa shape index (κ2) is 6.08. The molecule has 2 N–H and O–H groups in total. The van der Waals surface area contributed by atoms with E-state index in [1.54, 1.807) is 0 Å². The molecule has 0 amide bonds. The first-order valence-electron chi connectivity index (χ1n) is 7.53. The zero-order chi connectivity index (χ0) is 13.8. The lowest BCUT2D eigenvalue weighted by atomic mass is 9.89. The van der Waals surface area contributed by atoms with Gasteiger partial charge in [-0.15, -0.1) is 0 Å². The van der Waals surface area contributed by atoms with E-state index in [0.717, 1.165) is 58.1 Å². The SMILES string of the molecule is NCC1(N2CCN(c3ccccn3)CC2)CCCOC1. The summed E-state index contributed by atoms with van der Waals surface area (Å²) in [5, 5.41) is 0. The van der Waals surface area contributed by atoms with E-state index in [1.165, 1.54) is 0 Å². The van der Waals surface area contributed by atoms with Gasteiger partial charge in [0.1, 0.15) is 5.82 Å². The summed E-state index contributed by atoms with van der Waals surface area (Å²) in [7, 11) is 0. The maximum Gasteiger partial charge on any atom is 0.128 e. The van der Waals surface area contributed by atoms with Gasteiger partial charge in [0.15, 0.2) is 0 Å². The van der Waals surface area contributed by atoms with Crippen molar-refractivity contribution in [1.29, 1.82) is 0 Å². The first kappa shape index (κ1) is 13.8. The van der Waals surface area contributed by atoms with Crippen molar-refractivity contribution in [3.63, 3.8) is 0 Å². The highest BCUT2D eigenvalue weighted by atomic mass is 16.5. The van der Waals surface area contributed by atoms with Gasteiger partial charge >= 0.3 is 0 Å². The predicted molar refractivity (Wildman–Crippen MR) is 79.9 cm³/mol. The minimum Gasteiger partial charge on any atom is -0.379 e. The fourth-order valence-corrected chi connectivity index (χ4v) is 3.33. The number of rotatable bonds is 3. The maximum atomic E-state index is 6.07. The van der Waals surface area contributed by atoms with E-state index in [-0.39, 0.29) is 5.54 Å². The number of anilines is 1. The zero-order valence-corrected chi connectivity index (χ0v) is 12.0. The van der Waals surface area contributed by atoms with Crippen LogP contribution < -0.4 is 10.6 Å². The molecule has 0 aliphatic carbocycles. The smallest absolute Gasteiger partial charge is 0.128 e. The molecular formula is C15H24N4O. The third-order valence-electron chi connectivity index (χ3n) is 4.61. The van der Waals surface area contributed by atoms with Crippen LogP contribution in [-0.2, 0) is 4.74 Å². The van der Waals surface area contributed by atoms with Crippen LogP contribution in [0.1, 0.15) is 12.8 Å². The van der Waals surface area contributed by atoms with Crippen LogP contribution in [0.4, 0.5) is 5.82 Å². The molecule has 2 aliphatic rings. The minimum atomic E-state index is 0.0639. The summed E-state index contributed by atoms with van der Waals surface area (Å²) in [4.78, 5) is 9.32. The van der Waals surface area contributed by atoms with Gasteiger partial charge in [-0.1, -0.05) is 6.07 Å². The molecular weight excluding hydrogens is 252 g/mol. The molecule has 3 heterocycles. The van der Waals surface area contributed by atoms with E-state index in [9.17, 15) is 0 Å². The number of piperazine rings is 1. The lowest BCUT2D eigenvalue weighted by molar-refractivity contribution is -0.0469. The van der Waals surface area contributed by atoms with Crippen molar-refractivity contribution in [1.82, 2.24) is 9.88 Å². The number of hydrogen-bond donors (Lipinski definition) is 1. The molecule has 0 bridgehead atoms. The molecule has 0 aromatic carbocycles. The molecule has 1 aromatic rings. The van der Waals surface area contributed by atoms with E-state index in [1.807, 2.05) is 18.3 Å². The molecule has 2 aliphatic heterocycles. The molecule has 3 rings (SSSR count). The summed E-state index contributed by atoms with van der Waals surface area (Å²) in [5.41, 5.74) is 6.13. The first-order valence-corrected chi connectivity index (χ1v) is 7.53. The van der Waals surface area contributed by atoms with Crippen molar-refractivity contribution in [2.75, 3.05) is 50.8 Å². The topological polar surface area (TPSA) is 54.6 Å². The van der Waals surface area contributed by atoms with Crippen LogP contribution in [0.2, 0.25) is 0 Å². The average Bonchev–Trinajstić information content (AvgIpc) is 2.56. The van der Waals surface area contributed by atoms with Gasteiger partial charge in [-0.2, -0.15) is 0 Å². The van der Waals surface area contributed by atoms with Crippen molar-refractivity contribution in [3.8, 4) is 0 Å². The third-order valence-corrected chi connectivity index (χ3v) is 4.61. The number of aromatic nitrogens is 1. The molecule has 1 aromatic heterocycles. The van der Waals surface area contributed by atoms with Crippen LogP contribution in [0.5, 0.6) is 0 Å². The minimum absolute atomic E-state index is 0.0639. The molecule has 0 saturated carbocycles. The zero-order valence-electron chi connectivity index (χ0n) is 12.0. The number of nitrogens with two attached hydrogens (primary N) is 1. The fraction of sp³-hybridized carbons (Fsp3) is 0.667.